The van der Waals surface area contributed by atoms with Gasteiger partial charge in [0.1, 0.15) is 5.75 Å². The summed E-state index contributed by atoms with van der Waals surface area (Å²) < 4.78 is 5.80. The van der Waals surface area contributed by atoms with Gasteiger partial charge in [-0.15, -0.1) is 0 Å². The first-order chi connectivity index (χ1) is 8.67. The molecule has 0 spiro atoms. The summed E-state index contributed by atoms with van der Waals surface area (Å²) in [4.78, 5) is 2.23. The maximum Gasteiger partial charge on any atom is 0.122 e. The third-order valence-corrected chi connectivity index (χ3v) is 3.08. The minimum Gasteiger partial charge on any atom is -0.493 e. The topological polar surface area (TPSA) is 32.7 Å². The molecule has 0 saturated heterocycles. The second-order valence-electron chi connectivity index (χ2n) is 4.63. The Labute approximate surface area is 110 Å². The summed E-state index contributed by atoms with van der Waals surface area (Å²) in [5, 5.41) is 8.90. The van der Waals surface area contributed by atoms with Gasteiger partial charge in [0.2, 0.25) is 0 Å². The first-order valence-corrected chi connectivity index (χ1v) is 6.70. The van der Waals surface area contributed by atoms with Gasteiger partial charge in [0.25, 0.3) is 0 Å². The number of ether oxygens (including phenoxy) is 1. The van der Waals surface area contributed by atoms with Crippen molar-refractivity contribution in [1.29, 1.82) is 0 Å². The minimum atomic E-state index is 0.228. The van der Waals surface area contributed by atoms with Gasteiger partial charge in [-0.3, -0.25) is 0 Å². The molecular formula is C15H25NO2. The third kappa shape index (κ3) is 5.07. The lowest BCUT2D eigenvalue weighted by atomic mass is 10.1. The molecule has 0 aromatic heterocycles. The van der Waals surface area contributed by atoms with E-state index >= 15 is 0 Å². The zero-order chi connectivity index (χ0) is 13.4. The quantitative estimate of drug-likeness (QED) is 0.720. The van der Waals surface area contributed by atoms with Gasteiger partial charge in [0, 0.05) is 13.1 Å². The zero-order valence-electron chi connectivity index (χ0n) is 11.8. The van der Waals surface area contributed by atoms with E-state index in [1.54, 1.807) is 0 Å². The Morgan fingerprint density at radius 1 is 1.22 bits per heavy atom. The van der Waals surface area contributed by atoms with E-state index in [1.807, 2.05) is 0 Å². The van der Waals surface area contributed by atoms with Crippen LogP contribution in [0, 0.1) is 13.8 Å². The first-order valence-electron chi connectivity index (χ1n) is 6.70. The number of aliphatic hydroxyl groups is 1. The van der Waals surface area contributed by atoms with Crippen LogP contribution in [0.15, 0.2) is 18.2 Å². The van der Waals surface area contributed by atoms with Crippen molar-refractivity contribution in [2.24, 2.45) is 0 Å². The average molecular weight is 251 g/mol. The van der Waals surface area contributed by atoms with E-state index in [0.29, 0.717) is 0 Å². The SMILES string of the molecule is CCN(CCO)CCCOc1cc(C)ccc1C. The molecule has 0 amide bonds. The molecule has 0 aliphatic carbocycles. The van der Waals surface area contributed by atoms with Crippen LogP contribution in [0.4, 0.5) is 0 Å². The minimum absolute atomic E-state index is 0.228. The summed E-state index contributed by atoms with van der Waals surface area (Å²) in [7, 11) is 0. The summed E-state index contributed by atoms with van der Waals surface area (Å²) in [6, 6.07) is 6.28. The number of hydrogen-bond acceptors (Lipinski definition) is 3. The Kier molecular flexibility index (Phi) is 6.76. The zero-order valence-corrected chi connectivity index (χ0v) is 11.8. The molecule has 1 aromatic rings. The number of rotatable bonds is 8. The van der Waals surface area contributed by atoms with Crippen LogP contribution in [0.3, 0.4) is 0 Å². The van der Waals surface area contributed by atoms with Crippen LogP contribution in [-0.4, -0.2) is 42.9 Å². The van der Waals surface area contributed by atoms with Crippen LogP contribution >= 0.6 is 0 Å². The Bertz CT molecular complexity index is 352. The number of aryl methyl sites for hydroxylation is 2. The molecule has 1 rings (SSSR count). The highest BCUT2D eigenvalue weighted by molar-refractivity contribution is 5.35. The van der Waals surface area contributed by atoms with Crippen LogP contribution in [0.5, 0.6) is 5.75 Å². The van der Waals surface area contributed by atoms with Gasteiger partial charge < -0.3 is 14.7 Å². The molecule has 0 atom stereocenters. The molecule has 0 aliphatic heterocycles. The molecule has 1 aromatic carbocycles. The van der Waals surface area contributed by atoms with E-state index < -0.39 is 0 Å². The predicted octanol–water partition coefficient (Wildman–Crippen LogP) is 2.39. The summed E-state index contributed by atoms with van der Waals surface area (Å²) in [5.41, 5.74) is 2.41. The summed E-state index contributed by atoms with van der Waals surface area (Å²) in [6.07, 6.45) is 0.987. The molecule has 0 aliphatic rings. The average Bonchev–Trinajstić information content (AvgIpc) is 2.37. The number of likely N-dealkylation sites (N-methyl/N-ethyl adjacent to an activating group) is 1. The van der Waals surface area contributed by atoms with Gasteiger partial charge in [-0.05, 0) is 44.0 Å². The number of nitrogens with zero attached hydrogens (tertiary/aromatic N) is 1. The molecule has 0 heterocycles. The molecule has 102 valence electrons. The Morgan fingerprint density at radius 2 is 2.00 bits per heavy atom. The predicted molar refractivity (Wildman–Crippen MR) is 75.2 cm³/mol. The molecular weight excluding hydrogens is 226 g/mol. The van der Waals surface area contributed by atoms with Gasteiger partial charge in [0.15, 0.2) is 0 Å². The van der Waals surface area contributed by atoms with E-state index in [2.05, 4.69) is 43.9 Å². The smallest absolute Gasteiger partial charge is 0.122 e. The van der Waals surface area contributed by atoms with Crippen molar-refractivity contribution in [2.45, 2.75) is 27.2 Å². The van der Waals surface area contributed by atoms with E-state index in [0.717, 1.165) is 38.4 Å². The van der Waals surface area contributed by atoms with Gasteiger partial charge in [-0.25, -0.2) is 0 Å². The summed E-state index contributed by atoms with van der Waals surface area (Å²) >= 11 is 0. The highest BCUT2D eigenvalue weighted by atomic mass is 16.5. The molecule has 0 unspecified atom stereocenters. The molecule has 18 heavy (non-hydrogen) atoms. The number of aliphatic hydroxyl groups excluding tert-OH is 1. The second-order valence-corrected chi connectivity index (χ2v) is 4.63. The largest absolute Gasteiger partial charge is 0.493 e. The van der Waals surface area contributed by atoms with Gasteiger partial charge in [-0.1, -0.05) is 19.1 Å². The Balaban J connectivity index is 2.31. The third-order valence-electron chi connectivity index (χ3n) is 3.08. The van der Waals surface area contributed by atoms with Gasteiger partial charge >= 0.3 is 0 Å². The Hall–Kier alpha value is -1.06. The van der Waals surface area contributed by atoms with Crippen molar-refractivity contribution in [3.8, 4) is 5.75 Å². The molecule has 0 saturated carbocycles. The maximum atomic E-state index is 8.90. The van der Waals surface area contributed by atoms with Crippen LogP contribution < -0.4 is 4.74 Å². The molecule has 3 nitrogen and oxygen atoms in total. The highest BCUT2D eigenvalue weighted by Gasteiger charge is 2.02. The van der Waals surface area contributed by atoms with Crippen molar-refractivity contribution in [3.05, 3.63) is 29.3 Å². The van der Waals surface area contributed by atoms with Crippen molar-refractivity contribution in [3.63, 3.8) is 0 Å². The molecule has 0 radical (unpaired) electrons. The van der Waals surface area contributed by atoms with E-state index in [9.17, 15) is 0 Å². The lowest BCUT2D eigenvalue weighted by Crippen LogP contribution is -2.28. The lowest BCUT2D eigenvalue weighted by Gasteiger charge is -2.19. The van der Waals surface area contributed by atoms with Crippen LogP contribution in [0.25, 0.3) is 0 Å². The van der Waals surface area contributed by atoms with Crippen molar-refractivity contribution < 1.29 is 9.84 Å². The summed E-state index contributed by atoms with van der Waals surface area (Å²) in [6.45, 7) is 9.91. The van der Waals surface area contributed by atoms with Gasteiger partial charge in [0.05, 0.1) is 13.2 Å². The summed E-state index contributed by atoms with van der Waals surface area (Å²) in [5.74, 6) is 0.986. The van der Waals surface area contributed by atoms with Crippen LogP contribution in [0.1, 0.15) is 24.5 Å². The van der Waals surface area contributed by atoms with Crippen molar-refractivity contribution >= 4 is 0 Å². The fourth-order valence-electron chi connectivity index (χ4n) is 1.90. The van der Waals surface area contributed by atoms with Gasteiger partial charge in [-0.2, -0.15) is 0 Å². The van der Waals surface area contributed by atoms with Crippen LogP contribution in [0.2, 0.25) is 0 Å². The van der Waals surface area contributed by atoms with Crippen LogP contribution in [-0.2, 0) is 0 Å². The van der Waals surface area contributed by atoms with E-state index in [4.69, 9.17) is 9.84 Å². The fraction of sp³-hybridized carbons (Fsp3) is 0.600. The van der Waals surface area contributed by atoms with E-state index in [1.165, 1.54) is 11.1 Å². The maximum absolute atomic E-state index is 8.90. The van der Waals surface area contributed by atoms with Crippen molar-refractivity contribution in [2.75, 3.05) is 32.8 Å². The molecule has 0 bridgehead atoms. The molecule has 1 N–H and O–H groups in total. The van der Waals surface area contributed by atoms with Crippen molar-refractivity contribution in [1.82, 2.24) is 4.90 Å². The normalized spacial score (nSPS) is 10.9. The standard InChI is InChI=1S/C15H25NO2/c1-4-16(9-10-17)8-5-11-18-15-12-13(2)6-7-14(15)3/h6-7,12,17H,4-5,8-11H2,1-3H3. The monoisotopic (exact) mass is 251 g/mol. The van der Waals surface area contributed by atoms with E-state index in [-0.39, 0.29) is 6.61 Å². The second kappa shape index (κ2) is 8.11. The Morgan fingerprint density at radius 3 is 2.67 bits per heavy atom. The lowest BCUT2D eigenvalue weighted by molar-refractivity contribution is 0.189. The highest BCUT2D eigenvalue weighted by Crippen LogP contribution is 2.19. The molecule has 0 fully saturated rings. The fourth-order valence-corrected chi connectivity index (χ4v) is 1.90. The number of benzene rings is 1. The molecule has 3 heteroatoms. The number of hydrogen-bond donors (Lipinski definition) is 1. The first kappa shape index (κ1) is 15.0.